The van der Waals surface area contributed by atoms with E-state index in [2.05, 4.69) is 62.1 Å². The van der Waals surface area contributed by atoms with Gasteiger partial charge in [-0.2, -0.15) is 0 Å². The van der Waals surface area contributed by atoms with Crippen LogP contribution in [0.25, 0.3) is 10.2 Å². The van der Waals surface area contributed by atoms with Gasteiger partial charge in [0.15, 0.2) is 5.13 Å². The number of likely N-dealkylation sites (N-methyl/N-ethyl adjacent to an activating group) is 1. The quantitative estimate of drug-likeness (QED) is 0.586. The molecular weight excluding hydrogens is 366 g/mol. The van der Waals surface area contributed by atoms with Crippen molar-refractivity contribution in [2.24, 2.45) is 0 Å². The predicted octanol–water partition coefficient (Wildman–Crippen LogP) is 4.61. The molecule has 0 saturated carbocycles. The first kappa shape index (κ1) is 20.5. The molecule has 0 N–H and O–H groups in total. The highest BCUT2D eigenvalue weighted by Gasteiger charge is 2.21. The third kappa shape index (κ3) is 4.59. The lowest BCUT2D eigenvalue weighted by Crippen LogP contribution is -2.37. The van der Waals surface area contributed by atoms with Crippen molar-refractivity contribution in [2.45, 2.75) is 33.6 Å². The summed E-state index contributed by atoms with van der Waals surface area (Å²) in [6, 6.07) is 12.6. The minimum Gasteiger partial charge on any atom is -0.308 e. The van der Waals surface area contributed by atoms with E-state index in [1.165, 1.54) is 16.7 Å². The monoisotopic (exact) mass is 395 g/mol. The second-order valence-electron chi connectivity index (χ2n) is 7.57. The fourth-order valence-electron chi connectivity index (χ4n) is 3.32. The zero-order valence-corrected chi connectivity index (χ0v) is 18.3. The Hall–Kier alpha value is -2.24. The molecule has 0 spiro atoms. The van der Waals surface area contributed by atoms with E-state index in [-0.39, 0.29) is 5.91 Å². The van der Waals surface area contributed by atoms with Gasteiger partial charge in [-0.25, -0.2) is 4.98 Å². The SMILES string of the molecule is CCc1cccc2sc(N(CCN(C)C)C(=O)Cc3ccc(C)cc3C)nc12. The van der Waals surface area contributed by atoms with Gasteiger partial charge in [-0.1, -0.05) is 54.2 Å². The topological polar surface area (TPSA) is 36.4 Å². The van der Waals surface area contributed by atoms with E-state index in [9.17, 15) is 4.79 Å². The van der Waals surface area contributed by atoms with Crippen LogP contribution in [0.2, 0.25) is 0 Å². The highest BCUT2D eigenvalue weighted by molar-refractivity contribution is 7.22. The van der Waals surface area contributed by atoms with E-state index in [1.54, 1.807) is 11.3 Å². The van der Waals surface area contributed by atoms with E-state index in [0.717, 1.165) is 33.9 Å². The third-order valence-corrected chi connectivity index (χ3v) is 6.06. The van der Waals surface area contributed by atoms with E-state index in [0.29, 0.717) is 13.0 Å². The van der Waals surface area contributed by atoms with Gasteiger partial charge < -0.3 is 4.90 Å². The van der Waals surface area contributed by atoms with Gasteiger partial charge in [0.2, 0.25) is 5.91 Å². The Labute approximate surface area is 171 Å². The number of fused-ring (bicyclic) bond motifs is 1. The molecule has 5 heteroatoms. The molecule has 1 amide bonds. The maximum atomic E-state index is 13.3. The molecule has 1 aromatic heterocycles. The fourth-order valence-corrected chi connectivity index (χ4v) is 4.38. The van der Waals surface area contributed by atoms with Crippen LogP contribution in [0.5, 0.6) is 0 Å². The molecule has 0 aliphatic carbocycles. The fraction of sp³-hybridized carbons (Fsp3) is 0.391. The Morgan fingerprint density at radius 1 is 1.07 bits per heavy atom. The normalized spacial score (nSPS) is 11.4. The van der Waals surface area contributed by atoms with Crippen molar-refractivity contribution in [1.82, 2.24) is 9.88 Å². The summed E-state index contributed by atoms with van der Waals surface area (Å²) in [5.74, 6) is 0.103. The predicted molar refractivity (Wildman–Crippen MR) is 120 cm³/mol. The van der Waals surface area contributed by atoms with Crippen LogP contribution in [-0.2, 0) is 17.6 Å². The first-order chi connectivity index (χ1) is 13.4. The number of para-hydroxylation sites is 1. The molecule has 28 heavy (non-hydrogen) atoms. The number of anilines is 1. The maximum Gasteiger partial charge on any atom is 0.233 e. The summed E-state index contributed by atoms with van der Waals surface area (Å²) in [7, 11) is 4.06. The van der Waals surface area contributed by atoms with Gasteiger partial charge in [-0.05, 0) is 57.1 Å². The average molecular weight is 396 g/mol. The number of hydrogen-bond acceptors (Lipinski definition) is 4. The number of rotatable bonds is 7. The van der Waals surface area contributed by atoms with Crippen molar-refractivity contribution in [2.75, 3.05) is 32.1 Å². The van der Waals surface area contributed by atoms with Crippen LogP contribution in [0.15, 0.2) is 36.4 Å². The molecule has 0 unspecified atom stereocenters. The summed E-state index contributed by atoms with van der Waals surface area (Å²) in [5, 5.41) is 0.799. The minimum atomic E-state index is 0.103. The van der Waals surface area contributed by atoms with Gasteiger partial charge in [0.05, 0.1) is 16.6 Å². The van der Waals surface area contributed by atoms with Crippen LogP contribution >= 0.6 is 11.3 Å². The lowest BCUT2D eigenvalue weighted by atomic mass is 10.0. The Bertz CT molecular complexity index is 977. The smallest absolute Gasteiger partial charge is 0.233 e. The second kappa shape index (κ2) is 8.84. The Balaban J connectivity index is 1.93. The summed E-state index contributed by atoms with van der Waals surface area (Å²) in [5.41, 5.74) is 5.73. The summed E-state index contributed by atoms with van der Waals surface area (Å²) >= 11 is 1.61. The lowest BCUT2D eigenvalue weighted by molar-refractivity contribution is -0.118. The molecule has 0 radical (unpaired) electrons. The van der Waals surface area contributed by atoms with Crippen molar-refractivity contribution in [3.05, 3.63) is 58.7 Å². The minimum absolute atomic E-state index is 0.103. The van der Waals surface area contributed by atoms with E-state index < -0.39 is 0 Å². The van der Waals surface area contributed by atoms with Crippen LogP contribution in [0.3, 0.4) is 0 Å². The zero-order valence-electron chi connectivity index (χ0n) is 17.5. The number of amides is 1. The number of carbonyl (C=O) groups excluding carboxylic acids is 1. The highest BCUT2D eigenvalue weighted by atomic mass is 32.1. The van der Waals surface area contributed by atoms with E-state index >= 15 is 0 Å². The second-order valence-corrected chi connectivity index (χ2v) is 8.58. The first-order valence-electron chi connectivity index (χ1n) is 9.78. The van der Waals surface area contributed by atoms with Gasteiger partial charge in [-0.15, -0.1) is 0 Å². The van der Waals surface area contributed by atoms with Crippen molar-refractivity contribution in [3.63, 3.8) is 0 Å². The molecule has 0 aliphatic heterocycles. The summed E-state index contributed by atoms with van der Waals surface area (Å²) in [6.45, 7) is 7.73. The van der Waals surface area contributed by atoms with Gasteiger partial charge >= 0.3 is 0 Å². The summed E-state index contributed by atoms with van der Waals surface area (Å²) in [4.78, 5) is 22.1. The molecule has 4 nitrogen and oxygen atoms in total. The van der Waals surface area contributed by atoms with Crippen molar-refractivity contribution in [1.29, 1.82) is 0 Å². The van der Waals surface area contributed by atoms with Crippen LogP contribution < -0.4 is 4.90 Å². The van der Waals surface area contributed by atoms with Crippen molar-refractivity contribution >= 4 is 32.6 Å². The van der Waals surface area contributed by atoms with Crippen molar-refractivity contribution < 1.29 is 4.79 Å². The van der Waals surface area contributed by atoms with Gasteiger partial charge in [-0.3, -0.25) is 9.69 Å². The number of aromatic nitrogens is 1. The third-order valence-electron chi connectivity index (χ3n) is 5.01. The molecule has 0 bridgehead atoms. The molecule has 0 fully saturated rings. The summed E-state index contributed by atoms with van der Waals surface area (Å²) in [6.07, 6.45) is 1.34. The zero-order chi connectivity index (χ0) is 20.3. The van der Waals surface area contributed by atoms with Crippen LogP contribution in [0.1, 0.15) is 29.2 Å². The number of benzene rings is 2. The first-order valence-corrected chi connectivity index (χ1v) is 10.6. The molecule has 148 valence electrons. The van der Waals surface area contributed by atoms with Crippen LogP contribution in [-0.4, -0.2) is 43.0 Å². The largest absolute Gasteiger partial charge is 0.308 e. The maximum absolute atomic E-state index is 13.3. The molecular formula is C23H29N3OS. The Morgan fingerprint density at radius 2 is 1.86 bits per heavy atom. The van der Waals surface area contributed by atoms with Gasteiger partial charge in [0, 0.05) is 13.1 Å². The number of hydrogen-bond donors (Lipinski definition) is 0. The average Bonchev–Trinajstić information content (AvgIpc) is 3.07. The standard InChI is InChI=1S/C23H29N3OS/c1-6-18-8-7-9-20-22(18)24-23(28-20)26(13-12-25(4)5)21(27)15-19-11-10-16(2)14-17(19)3/h7-11,14H,6,12-13,15H2,1-5H3. The number of carbonyl (C=O) groups is 1. The van der Waals surface area contributed by atoms with Crippen LogP contribution in [0, 0.1) is 13.8 Å². The molecule has 3 rings (SSSR count). The Kier molecular flexibility index (Phi) is 6.47. The van der Waals surface area contributed by atoms with Crippen LogP contribution in [0.4, 0.5) is 5.13 Å². The van der Waals surface area contributed by atoms with E-state index in [4.69, 9.17) is 4.98 Å². The molecule has 2 aromatic carbocycles. The number of nitrogens with zero attached hydrogens (tertiary/aromatic N) is 3. The molecule has 3 aromatic rings. The van der Waals surface area contributed by atoms with Gasteiger partial charge in [0.1, 0.15) is 0 Å². The number of aryl methyl sites for hydroxylation is 3. The molecule has 0 aliphatic rings. The summed E-state index contributed by atoms with van der Waals surface area (Å²) < 4.78 is 1.14. The van der Waals surface area contributed by atoms with Crippen molar-refractivity contribution in [3.8, 4) is 0 Å². The highest BCUT2D eigenvalue weighted by Crippen LogP contribution is 2.31. The van der Waals surface area contributed by atoms with E-state index in [1.807, 2.05) is 19.0 Å². The Morgan fingerprint density at radius 3 is 2.54 bits per heavy atom. The number of thiazole rings is 1. The lowest BCUT2D eigenvalue weighted by Gasteiger charge is -2.22. The van der Waals surface area contributed by atoms with Gasteiger partial charge in [0.25, 0.3) is 0 Å². The molecule has 0 atom stereocenters. The molecule has 0 saturated heterocycles. The molecule has 1 heterocycles.